The Morgan fingerprint density at radius 3 is 2.93 bits per heavy atom. The molecule has 14 heavy (non-hydrogen) atoms. The zero-order chi connectivity index (χ0) is 9.97. The molecule has 3 heteroatoms. The Morgan fingerprint density at radius 2 is 2.14 bits per heavy atom. The van der Waals surface area contributed by atoms with Gasteiger partial charge in [0.05, 0.1) is 0 Å². The number of piperidine rings is 1. The summed E-state index contributed by atoms with van der Waals surface area (Å²) in [5, 5.41) is 3.53. The molecule has 3 nitrogen and oxygen atoms in total. The van der Waals surface area contributed by atoms with Gasteiger partial charge >= 0.3 is 5.97 Å². The standard InChI is InChI=1S/C11H19NO2/c1-8(13)14-11-6-2-5-10-9(11)4-3-7-12-10/h9-12H,2-7H2,1H3/t9-,10-,11+/m0/s1. The van der Waals surface area contributed by atoms with Crippen LogP contribution in [0.5, 0.6) is 0 Å². The fourth-order valence-corrected chi connectivity index (χ4v) is 2.85. The molecule has 0 aromatic heterocycles. The number of fused-ring (bicyclic) bond motifs is 1. The van der Waals surface area contributed by atoms with E-state index in [1.54, 1.807) is 0 Å². The molecule has 1 heterocycles. The minimum atomic E-state index is -0.124. The second kappa shape index (κ2) is 4.30. The lowest BCUT2D eigenvalue weighted by atomic mass is 9.77. The molecule has 2 rings (SSSR count). The normalized spacial score (nSPS) is 37.4. The molecule has 0 unspecified atom stereocenters. The third-order valence-corrected chi connectivity index (χ3v) is 3.44. The van der Waals surface area contributed by atoms with Crippen molar-refractivity contribution in [3.63, 3.8) is 0 Å². The maximum absolute atomic E-state index is 10.9. The van der Waals surface area contributed by atoms with Crippen LogP contribution in [0.1, 0.15) is 39.0 Å². The summed E-state index contributed by atoms with van der Waals surface area (Å²) in [4.78, 5) is 10.9. The molecule has 3 atom stereocenters. The Hall–Kier alpha value is -0.570. The summed E-state index contributed by atoms with van der Waals surface area (Å²) in [6, 6.07) is 0.599. The Labute approximate surface area is 85.2 Å². The van der Waals surface area contributed by atoms with E-state index in [1.807, 2.05) is 0 Å². The number of carbonyl (C=O) groups excluding carboxylic acids is 1. The van der Waals surface area contributed by atoms with Gasteiger partial charge in [0.1, 0.15) is 6.10 Å². The predicted molar refractivity (Wildman–Crippen MR) is 53.9 cm³/mol. The lowest BCUT2D eigenvalue weighted by Gasteiger charge is -2.41. The number of esters is 1. The van der Waals surface area contributed by atoms with Crippen LogP contribution in [0, 0.1) is 5.92 Å². The summed E-state index contributed by atoms with van der Waals surface area (Å²) in [6.07, 6.45) is 6.12. The molecule has 0 aromatic carbocycles. The molecule has 2 aliphatic rings. The van der Waals surface area contributed by atoms with E-state index >= 15 is 0 Å². The van der Waals surface area contributed by atoms with Crippen LogP contribution in [0.3, 0.4) is 0 Å². The number of hydrogen-bond acceptors (Lipinski definition) is 3. The van der Waals surface area contributed by atoms with Crippen molar-refractivity contribution >= 4 is 5.97 Å². The summed E-state index contributed by atoms with van der Waals surface area (Å²) < 4.78 is 5.38. The molecule has 0 radical (unpaired) electrons. The summed E-state index contributed by atoms with van der Waals surface area (Å²) in [5.41, 5.74) is 0. The number of nitrogens with one attached hydrogen (secondary N) is 1. The van der Waals surface area contributed by atoms with E-state index in [0.29, 0.717) is 12.0 Å². The molecule has 1 saturated heterocycles. The minimum Gasteiger partial charge on any atom is -0.462 e. The molecule has 0 amide bonds. The fraction of sp³-hybridized carbons (Fsp3) is 0.909. The van der Waals surface area contributed by atoms with Crippen LogP contribution in [0.4, 0.5) is 0 Å². The van der Waals surface area contributed by atoms with Crippen LogP contribution in [0.15, 0.2) is 0 Å². The first kappa shape index (κ1) is 9.97. The monoisotopic (exact) mass is 197 g/mol. The van der Waals surface area contributed by atoms with Crippen molar-refractivity contribution in [3.05, 3.63) is 0 Å². The van der Waals surface area contributed by atoms with Crippen LogP contribution >= 0.6 is 0 Å². The van der Waals surface area contributed by atoms with Gasteiger partial charge in [-0.05, 0) is 38.6 Å². The molecule has 0 bridgehead atoms. The highest BCUT2D eigenvalue weighted by Crippen LogP contribution is 2.32. The molecular weight excluding hydrogens is 178 g/mol. The smallest absolute Gasteiger partial charge is 0.302 e. The molecule has 0 aromatic rings. The Kier molecular flexibility index (Phi) is 3.06. The van der Waals surface area contributed by atoms with Crippen molar-refractivity contribution in [2.75, 3.05) is 6.54 Å². The van der Waals surface area contributed by atoms with Crippen molar-refractivity contribution in [1.82, 2.24) is 5.32 Å². The van der Waals surface area contributed by atoms with E-state index in [-0.39, 0.29) is 12.1 Å². The maximum Gasteiger partial charge on any atom is 0.302 e. The molecule has 1 aliphatic heterocycles. The van der Waals surface area contributed by atoms with Gasteiger partial charge in [0.15, 0.2) is 0 Å². The summed E-state index contributed by atoms with van der Waals surface area (Å²) >= 11 is 0. The second-order valence-corrected chi connectivity index (χ2v) is 4.45. The zero-order valence-corrected chi connectivity index (χ0v) is 8.79. The summed E-state index contributed by atoms with van der Waals surface area (Å²) in [5.74, 6) is 0.447. The van der Waals surface area contributed by atoms with Gasteiger partial charge in [-0.2, -0.15) is 0 Å². The third-order valence-electron chi connectivity index (χ3n) is 3.44. The van der Waals surface area contributed by atoms with Crippen LogP contribution in [-0.4, -0.2) is 24.7 Å². The van der Waals surface area contributed by atoms with Crippen LogP contribution in [0.25, 0.3) is 0 Å². The Balaban J connectivity index is 1.97. The van der Waals surface area contributed by atoms with E-state index in [2.05, 4.69) is 5.32 Å². The average molecular weight is 197 g/mol. The number of ether oxygens (including phenoxy) is 1. The van der Waals surface area contributed by atoms with Gasteiger partial charge < -0.3 is 10.1 Å². The zero-order valence-electron chi connectivity index (χ0n) is 8.79. The lowest BCUT2D eigenvalue weighted by Crippen LogP contribution is -2.49. The molecule has 80 valence electrons. The third kappa shape index (κ3) is 2.08. The first-order valence-electron chi connectivity index (χ1n) is 5.68. The topological polar surface area (TPSA) is 38.3 Å². The van der Waals surface area contributed by atoms with Gasteiger partial charge in [-0.1, -0.05) is 0 Å². The van der Waals surface area contributed by atoms with Gasteiger partial charge in [-0.15, -0.1) is 0 Å². The van der Waals surface area contributed by atoms with E-state index in [9.17, 15) is 4.79 Å². The first-order chi connectivity index (χ1) is 6.77. The number of carbonyl (C=O) groups is 1. The van der Waals surface area contributed by atoms with Crippen LogP contribution < -0.4 is 5.32 Å². The number of hydrogen-bond donors (Lipinski definition) is 1. The van der Waals surface area contributed by atoms with Gasteiger partial charge in [0.25, 0.3) is 0 Å². The molecular formula is C11H19NO2. The average Bonchev–Trinajstić information content (AvgIpc) is 2.18. The maximum atomic E-state index is 10.9. The molecule has 2 fully saturated rings. The highest BCUT2D eigenvalue weighted by Gasteiger charge is 2.36. The first-order valence-corrected chi connectivity index (χ1v) is 5.68. The number of rotatable bonds is 1. The SMILES string of the molecule is CC(=O)O[C@@H]1CCC[C@@H]2NCCC[C@@H]21. The predicted octanol–water partition coefficient (Wildman–Crippen LogP) is 1.47. The molecule has 1 N–H and O–H groups in total. The van der Waals surface area contributed by atoms with E-state index in [1.165, 1.54) is 32.6 Å². The van der Waals surface area contributed by atoms with Gasteiger partial charge in [0, 0.05) is 18.9 Å². The highest BCUT2D eigenvalue weighted by atomic mass is 16.5. The molecule has 1 saturated carbocycles. The van der Waals surface area contributed by atoms with Crippen molar-refractivity contribution < 1.29 is 9.53 Å². The Bertz CT molecular complexity index is 215. The Morgan fingerprint density at radius 1 is 1.29 bits per heavy atom. The minimum absolute atomic E-state index is 0.124. The summed E-state index contributed by atoms with van der Waals surface area (Å²) in [7, 11) is 0. The van der Waals surface area contributed by atoms with Gasteiger partial charge in [-0.25, -0.2) is 0 Å². The van der Waals surface area contributed by atoms with E-state index in [0.717, 1.165) is 13.0 Å². The highest BCUT2D eigenvalue weighted by molar-refractivity contribution is 5.66. The quantitative estimate of drug-likeness (QED) is 0.647. The van der Waals surface area contributed by atoms with Crippen LogP contribution in [-0.2, 0) is 9.53 Å². The van der Waals surface area contributed by atoms with Crippen molar-refractivity contribution in [1.29, 1.82) is 0 Å². The second-order valence-electron chi connectivity index (χ2n) is 4.45. The largest absolute Gasteiger partial charge is 0.462 e. The van der Waals surface area contributed by atoms with Crippen molar-refractivity contribution in [2.45, 2.75) is 51.2 Å². The van der Waals surface area contributed by atoms with E-state index in [4.69, 9.17) is 4.74 Å². The molecule has 0 spiro atoms. The van der Waals surface area contributed by atoms with Gasteiger partial charge in [-0.3, -0.25) is 4.79 Å². The van der Waals surface area contributed by atoms with Gasteiger partial charge in [0.2, 0.25) is 0 Å². The lowest BCUT2D eigenvalue weighted by molar-refractivity contribution is -0.152. The van der Waals surface area contributed by atoms with E-state index < -0.39 is 0 Å². The summed E-state index contributed by atoms with van der Waals surface area (Å²) in [6.45, 7) is 2.65. The van der Waals surface area contributed by atoms with Crippen LogP contribution in [0.2, 0.25) is 0 Å². The molecule has 1 aliphatic carbocycles. The fourth-order valence-electron chi connectivity index (χ4n) is 2.85. The van der Waals surface area contributed by atoms with Crippen molar-refractivity contribution in [3.8, 4) is 0 Å². The van der Waals surface area contributed by atoms with Crippen molar-refractivity contribution in [2.24, 2.45) is 5.92 Å².